The molecule has 0 saturated heterocycles. The lowest BCUT2D eigenvalue weighted by Gasteiger charge is -2.07. The third-order valence-electron chi connectivity index (χ3n) is 4.38. The fourth-order valence-electron chi connectivity index (χ4n) is 2.83. The summed E-state index contributed by atoms with van der Waals surface area (Å²) in [6.07, 6.45) is 0.910. The Morgan fingerprint density at radius 1 is 1.14 bits per heavy atom. The first kappa shape index (κ1) is 19.9. The number of amides is 1. The molecule has 2 aromatic carbocycles. The van der Waals surface area contributed by atoms with Crippen LogP contribution in [0.1, 0.15) is 18.2 Å². The summed E-state index contributed by atoms with van der Waals surface area (Å²) in [7, 11) is 1.85. The molecule has 150 valence electrons. The number of para-hydroxylation sites is 1. The summed E-state index contributed by atoms with van der Waals surface area (Å²) in [6, 6.07) is 16.8. The number of hydrogen-bond donors (Lipinski definition) is 2. The normalized spacial score (nSPS) is 10.9. The number of carbonyl (C=O) groups is 1. The fourth-order valence-corrected chi connectivity index (χ4v) is 2.83. The van der Waals surface area contributed by atoms with E-state index in [1.54, 1.807) is 11.6 Å². The third-order valence-corrected chi connectivity index (χ3v) is 4.38. The molecule has 0 unspecified atom stereocenters. The van der Waals surface area contributed by atoms with E-state index in [1.807, 2.05) is 73.3 Å². The average molecular weight is 393 g/mol. The van der Waals surface area contributed by atoms with Gasteiger partial charge in [-0.3, -0.25) is 9.48 Å². The van der Waals surface area contributed by atoms with Gasteiger partial charge < -0.3 is 10.1 Å². The largest absolute Gasteiger partial charge is 0.449 e. The van der Waals surface area contributed by atoms with Gasteiger partial charge in [0.1, 0.15) is 5.69 Å². The van der Waals surface area contributed by atoms with E-state index >= 15 is 0 Å². The first-order valence-electron chi connectivity index (χ1n) is 9.18. The molecule has 2 N–H and O–H groups in total. The van der Waals surface area contributed by atoms with Gasteiger partial charge in [-0.25, -0.2) is 14.9 Å². The van der Waals surface area contributed by atoms with Crippen LogP contribution in [0.25, 0.3) is 5.69 Å². The quantitative estimate of drug-likeness (QED) is 0.497. The zero-order valence-corrected chi connectivity index (χ0v) is 16.5. The highest BCUT2D eigenvalue weighted by Gasteiger charge is 2.16. The van der Waals surface area contributed by atoms with Crippen LogP contribution in [0.4, 0.5) is 16.2 Å². The van der Waals surface area contributed by atoms with Crippen molar-refractivity contribution >= 4 is 23.7 Å². The molecule has 0 aliphatic heterocycles. The van der Waals surface area contributed by atoms with Crippen LogP contribution in [0.5, 0.6) is 0 Å². The summed E-state index contributed by atoms with van der Waals surface area (Å²) in [5.74, 6) is 0. The Hall–Kier alpha value is -3.81. The van der Waals surface area contributed by atoms with Crippen LogP contribution in [0.15, 0.2) is 64.5 Å². The molecule has 0 spiro atoms. The van der Waals surface area contributed by atoms with Crippen molar-refractivity contribution in [1.29, 1.82) is 0 Å². The standard InChI is InChI=1S/C21H23N5O3/c1-4-29-21(28)24-22-14-16-10-12-17(13-11-16)23-19-15(2)25(3)26(20(19)27)18-8-6-5-7-9-18/h5-14,23H,4H2,1-3H3,(H,24,28)/b22-14-. The highest BCUT2D eigenvalue weighted by Crippen LogP contribution is 2.19. The van der Waals surface area contributed by atoms with Crippen molar-refractivity contribution in [1.82, 2.24) is 14.8 Å². The molecular formula is C21H23N5O3. The number of hydrazone groups is 1. The van der Waals surface area contributed by atoms with Crippen molar-refractivity contribution in [2.75, 3.05) is 11.9 Å². The molecule has 0 saturated carbocycles. The topological polar surface area (TPSA) is 89.7 Å². The number of aromatic nitrogens is 2. The molecule has 0 atom stereocenters. The molecule has 1 aromatic heterocycles. The summed E-state index contributed by atoms with van der Waals surface area (Å²) in [6.45, 7) is 3.90. The molecule has 0 aliphatic rings. The molecule has 0 radical (unpaired) electrons. The van der Waals surface area contributed by atoms with E-state index in [0.29, 0.717) is 5.69 Å². The van der Waals surface area contributed by atoms with Gasteiger partial charge in [-0.1, -0.05) is 30.3 Å². The van der Waals surface area contributed by atoms with E-state index in [-0.39, 0.29) is 12.2 Å². The fraction of sp³-hybridized carbons (Fsp3) is 0.190. The Kier molecular flexibility index (Phi) is 6.13. The van der Waals surface area contributed by atoms with Crippen LogP contribution in [0, 0.1) is 6.92 Å². The highest BCUT2D eigenvalue weighted by atomic mass is 16.5. The summed E-state index contributed by atoms with van der Waals surface area (Å²) in [4.78, 5) is 24.1. The first-order valence-corrected chi connectivity index (χ1v) is 9.18. The van der Waals surface area contributed by atoms with Crippen LogP contribution < -0.4 is 16.3 Å². The maximum Gasteiger partial charge on any atom is 0.427 e. The average Bonchev–Trinajstić information content (AvgIpc) is 2.93. The van der Waals surface area contributed by atoms with Gasteiger partial charge in [0.25, 0.3) is 5.56 Å². The number of nitrogens with zero attached hydrogens (tertiary/aromatic N) is 3. The molecule has 0 fully saturated rings. The Morgan fingerprint density at radius 2 is 1.83 bits per heavy atom. The van der Waals surface area contributed by atoms with Crippen molar-refractivity contribution in [2.24, 2.45) is 12.1 Å². The van der Waals surface area contributed by atoms with Gasteiger partial charge in [-0.2, -0.15) is 5.10 Å². The molecule has 8 nitrogen and oxygen atoms in total. The van der Waals surface area contributed by atoms with E-state index in [0.717, 1.165) is 22.6 Å². The van der Waals surface area contributed by atoms with Gasteiger partial charge in [-0.15, -0.1) is 0 Å². The van der Waals surface area contributed by atoms with Crippen molar-refractivity contribution in [3.8, 4) is 5.69 Å². The molecular weight excluding hydrogens is 370 g/mol. The molecule has 3 rings (SSSR count). The van der Waals surface area contributed by atoms with E-state index in [2.05, 4.69) is 15.8 Å². The van der Waals surface area contributed by atoms with Gasteiger partial charge in [0.15, 0.2) is 0 Å². The number of anilines is 2. The Bertz CT molecular complexity index is 1070. The van der Waals surface area contributed by atoms with Crippen molar-refractivity contribution < 1.29 is 9.53 Å². The van der Waals surface area contributed by atoms with Gasteiger partial charge >= 0.3 is 6.09 Å². The summed E-state index contributed by atoms with van der Waals surface area (Å²) < 4.78 is 8.17. The molecule has 3 aromatic rings. The predicted molar refractivity (Wildman–Crippen MR) is 113 cm³/mol. The van der Waals surface area contributed by atoms with E-state index in [1.165, 1.54) is 6.21 Å². The minimum Gasteiger partial charge on any atom is -0.449 e. The highest BCUT2D eigenvalue weighted by molar-refractivity contribution is 5.81. The Morgan fingerprint density at radius 3 is 2.48 bits per heavy atom. The summed E-state index contributed by atoms with van der Waals surface area (Å²) >= 11 is 0. The summed E-state index contributed by atoms with van der Waals surface area (Å²) in [5, 5.41) is 7.03. The number of ether oxygens (including phenoxy) is 1. The van der Waals surface area contributed by atoms with E-state index < -0.39 is 6.09 Å². The van der Waals surface area contributed by atoms with Crippen molar-refractivity contribution in [3.05, 3.63) is 76.2 Å². The number of carbonyl (C=O) groups excluding carboxylic acids is 1. The van der Waals surface area contributed by atoms with Crippen molar-refractivity contribution in [2.45, 2.75) is 13.8 Å². The second-order valence-corrected chi connectivity index (χ2v) is 6.27. The predicted octanol–water partition coefficient (Wildman–Crippen LogP) is 3.31. The lowest BCUT2D eigenvalue weighted by atomic mass is 10.2. The Balaban J connectivity index is 1.77. The van der Waals surface area contributed by atoms with E-state index in [4.69, 9.17) is 4.74 Å². The number of rotatable bonds is 6. The maximum atomic E-state index is 12.9. The lowest BCUT2D eigenvalue weighted by Crippen LogP contribution is -2.20. The van der Waals surface area contributed by atoms with Gasteiger partial charge in [0.2, 0.25) is 0 Å². The molecule has 1 amide bonds. The third kappa shape index (κ3) is 4.55. The van der Waals surface area contributed by atoms with E-state index in [9.17, 15) is 9.59 Å². The van der Waals surface area contributed by atoms with Crippen LogP contribution in [0.2, 0.25) is 0 Å². The zero-order chi connectivity index (χ0) is 20.8. The number of benzene rings is 2. The molecule has 0 bridgehead atoms. The SMILES string of the molecule is CCOC(=O)N/N=C\c1ccc(Nc2c(C)n(C)n(-c3ccccc3)c2=O)cc1. The first-order chi connectivity index (χ1) is 14.0. The van der Waals surface area contributed by atoms with Gasteiger partial charge in [0, 0.05) is 12.7 Å². The van der Waals surface area contributed by atoms with Crippen LogP contribution >= 0.6 is 0 Å². The zero-order valence-electron chi connectivity index (χ0n) is 16.5. The minimum atomic E-state index is -0.601. The van der Waals surface area contributed by atoms with Crippen LogP contribution in [-0.4, -0.2) is 28.3 Å². The van der Waals surface area contributed by atoms with Crippen LogP contribution in [-0.2, 0) is 11.8 Å². The maximum absolute atomic E-state index is 12.9. The Labute approximate surface area is 168 Å². The number of nitrogens with one attached hydrogen (secondary N) is 2. The molecule has 1 heterocycles. The second-order valence-electron chi connectivity index (χ2n) is 6.27. The monoisotopic (exact) mass is 393 g/mol. The van der Waals surface area contributed by atoms with Crippen molar-refractivity contribution in [3.63, 3.8) is 0 Å². The summed E-state index contributed by atoms with van der Waals surface area (Å²) in [5.41, 5.74) is 5.85. The lowest BCUT2D eigenvalue weighted by molar-refractivity contribution is 0.152. The molecule has 8 heteroatoms. The van der Waals surface area contributed by atoms with Gasteiger partial charge in [0.05, 0.1) is 24.2 Å². The molecule has 29 heavy (non-hydrogen) atoms. The second kappa shape index (κ2) is 8.92. The van der Waals surface area contributed by atoms with Gasteiger partial charge in [-0.05, 0) is 43.7 Å². The number of hydrogen-bond acceptors (Lipinski definition) is 5. The van der Waals surface area contributed by atoms with Crippen LogP contribution in [0.3, 0.4) is 0 Å². The smallest absolute Gasteiger partial charge is 0.427 e. The molecule has 0 aliphatic carbocycles. The minimum absolute atomic E-state index is 0.125.